The first-order valence-corrected chi connectivity index (χ1v) is 6.28. The monoisotopic (exact) mass is 253 g/mol. The van der Waals surface area contributed by atoms with Gasteiger partial charge in [0, 0.05) is 12.1 Å². The molecule has 5 heteroatoms. The van der Waals surface area contributed by atoms with E-state index in [1.54, 1.807) is 11.3 Å². The summed E-state index contributed by atoms with van der Waals surface area (Å²) < 4.78 is 0. The van der Waals surface area contributed by atoms with Crippen LogP contribution in [-0.2, 0) is 6.54 Å². The lowest BCUT2D eigenvalue weighted by molar-refractivity contribution is 0.715. The van der Waals surface area contributed by atoms with Crippen molar-refractivity contribution >= 4 is 22.9 Å². The second kappa shape index (κ2) is 5.39. The standard InChI is InChI=1S/C11H12ClN3S/c1-2-13-7-10-14-15-11(16-10)8-5-3-4-6-9(8)12/h3-6,13H,2,7H2,1H3. The van der Waals surface area contributed by atoms with Gasteiger partial charge in [0.15, 0.2) is 0 Å². The van der Waals surface area contributed by atoms with Crippen molar-refractivity contribution in [2.45, 2.75) is 13.5 Å². The average molecular weight is 254 g/mol. The molecule has 0 saturated carbocycles. The number of aromatic nitrogens is 2. The van der Waals surface area contributed by atoms with E-state index in [-0.39, 0.29) is 0 Å². The van der Waals surface area contributed by atoms with Gasteiger partial charge in [0.1, 0.15) is 10.0 Å². The molecule has 84 valence electrons. The van der Waals surface area contributed by atoms with Crippen LogP contribution in [0.1, 0.15) is 11.9 Å². The third kappa shape index (κ3) is 2.58. The minimum atomic E-state index is 0.716. The third-order valence-corrected chi connectivity index (χ3v) is 3.38. The molecule has 0 aliphatic rings. The topological polar surface area (TPSA) is 37.8 Å². The van der Waals surface area contributed by atoms with Crippen molar-refractivity contribution in [3.05, 3.63) is 34.3 Å². The third-order valence-electron chi connectivity index (χ3n) is 2.10. The van der Waals surface area contributed by atoms with Gasteiger partial charge in [0.2, 0.25) is 0 Å². The second-order valence-electron chi connectivity index (χ2n) is 3.26. The largest absolute Gasteiger partial charge is 0.311 e. The van der Waals surface area contributed by atoms with Crippen molar-refractivity contribution in [3.63, 3.8) is 0 Å². The molecule has 0 atom stereocenters. The summed E-state index contributed by atoms with van der Waals surface area (Å²) in [6, 6.07) is 7.68. The van der Waals surface area contributed by atoms with Gasteiger partial charge in [-0.25, -0.2) is 0 Å². The summed E-state index contributed by atoms with van der Waals surface area (Å²) in [6.45, 7) is 3.76. The number of halogens is 1. The molecule has 0 spiro atoms. The molecular weight excluding hydrogens is 242 g/mol. The fourth-order valence-corrected chi connectivity index (χ4v) is 2.43. The zero-order valence-electron chi connectivity index (χ0n) is 8.90. The van der Waals surface area contributed by atoms with Crippen LogP contribution in [0.5, 0.6) is 0 Å². The van der Waals surface area contributed by atoms with Crippen LogP contribution in [0.3, 0.4) is 0 Å². The van der Waals surface area contributed by atoms with E-state index >= 15 is 0 Å². The van der Waals surface area contributed by atoms with Crippen LogP contribution in [0, 0.1) is 0 Å². The van der Waals surface area contributed by atoms with E-state index in [1.165, 1.54) is 0 Å². The van der Waals surface area contributed by atoms with Gasteiger partial charge in [-0.05, 0) is 12.6 Å². The van der Waals surface area contributed by atoms with E-state index in [0.717, 1.165) is 28.7 Å². The van der Waals surface area contributed by atoms with E-state index in [2.05, 4.69) is 22.4 Å². The Hall–Kier alpha value is -0.970. The molecule has 1 heterocycles. The lowest BCUT2D eigenvalue weighted by Gasteiger charge is -1.97. The minimum absolute atomic E-state index is 0.716. The molecular formula is C11H12ClN3S. The first kappa shape index (κ1) is 11.5. The van der Waals surface area contributed by atoms with Crippen LogP contribution < -0.4 is 5.32 Å². The number of benzene rings is 1. The maximum absolute atomic E-state index is 6.10. The molecule has 1 aromatic heterocycles. The van der Waals surface area contributed by atoms with E-state index in [4.69, 9.17) is 11.6 Å². The van der Waals surface area contributed by atoms with Crippen LogP contribution >= 0.6 is 22.9 Å². The fraction of sp³-hybridized carbons (Fsp3) is 0.273. The van der Waals surface area contributed by atoms with Crippen molar-refractivity contribution in [2.75, 3.05) is 6.54 Å². The smallest absolute Gasteiger partial charge is 0.149 e. The maximum atomic E-state index is 6.10. The van der Waals surface area contributed by atoms with Gasteiger partial charge in [-0.15, -0.1) is 10.2 Å². The molecule has 1 aromatic carbocycles. The van der Waals surface area contributed by atoms with Crippen molar-refractivity contribution in [2.24, 2.45) is 0 Å². The predicted molar refractivity (Wildman–Crippen MR) is 67.7 cm³/mol. The Morgan fingerprint density at radius 2 is 2.12 bits per heavy atom. The quantitative estimate of drug-likeness (QED) is 0.910. The molecule has 0 bridgehead atoms. The Kier molecular flexibility index (Phi) is 3.88. The highest BCUT2D eigenvalue weighted by molar-refractivity contribution is 7.14. The zero-order chi connectivity index (χ0) is 11.4. The molecule has 2 aromatic rings. The summed E-state index contributed by atoms with van der Waals surface area (Å²) in [5.41, 5.74) is 0.949. The molecule has 0 unspecified atom stereocenters. The number of hydrogen-bond acceptors (Lipinski definition) is 4. The molecule has 0 amide bonds. The fourth-order valence-electron chi connectivity index (χ4n) is 1.30. The van der Waals surface area contributed by atoms with Gasteiger partial charge in [-0.1, -0.05) is 48.1 Å². The Bertz CT molecular complexity index is 470. The maximum Gasteiger partial charge on any atom is 0.149 e. The lowest BCUT2D eigenvalue weighted by atomic mass is 10.2. The first-order valence-electron chi connectivity index (χ1n) is 5.09. The SMILES string of the molecule is CCNCc1nnc(-c2ccccc2Cl)s1. The van der Waals surface area contributed by atoms with Gasteiger partial charge in [-0.2, -0.15) is 0 Å². The molecule has 0 fully saturated rings. The average Bonchev–Trinajstić information content (AvgIpc) is 2.75. The Morgan fingerprint density at radius 3 is 2.88 bits per heavy atom. The second-order valence-corrected chi connectivity index (χ2v) is 4.73. The summed E-state index contributed by atoms with van der Waals surface area (Å²) in [7, 11) is 0. The molecule has 3 nitrogen and oxygen atoms in total. The predicted octanol–water partition coefficient (Wildman–Crippen LogP) is 2.97. The van der Waals surface area contributed by atoms with E-state index in [0.29, 0.717) is 5.02 Å². The number of hydrogen-bond donors (Lipinski definition) is 1. The molecule has 16 heavy (non-hydrogen) atoms. The Labute approximate surface area is 103 Å². The summed E-state index contributed by atoms with van der Waals surface area (Å²) in [5, 5.41) is 14.1. The van der Waals surface area contributed by atoms with E-state index < -0.39 is 0 Å². The van der Waals surface area contributed by atoms with Crippen LogP contribution in [0.15, 0.2) is 24.3 Å². The van der Waals surface area contributed by atoms with Gasteiger partial charge in [0.25, 0.3) is 0 Å². The number of nitrogens with zero attached hydrogens (tertiary/aromatic N) is 2. The van der Waals surface area contributed by atoms with Crippen LogP contribution in [0.25, 0.3) is 10.6 Å². The van der Waals surface area contributed by atoms with Crippen molar-refractivity contribution in [1.29, 1.82) is 0 Å². The van der Waals surface area contributed by atoms with Crippen LogP contribution in [0.4, 0.5) is 0 Å². The summed E-state index contributed by atoms with van der Waals surface area (Å²) >= 11 is 7.67. The van der Waals surface area contributed by atoms with Crippen molar-refractivity contribution in [1.82, 2.24) is 15.5 Å². The molecule has 2 rings (SSSR count). The summed E-state index contributed by atoms with van der Waals surface area (Å²) in [5.74, 6) is 0. The highest BCUT2D eigenvalue weighted by Gasteiger charge is 2.08. The Morgan fingerprint density at radius 1 is 1.31 bits per heavy atom. The Balaban J connectivity index is 2.22. The lowest BCUT2D eigenvalue weighted by Crippen LogP contribution is -2.11. The first-order chi connectivity index (χ1) is 7.81. The normalized spacial score (nSPS) is 10.6. The molecule has 0 aliphatic heterocycles. The molecule has 0 saturated heterocycles. The summed E-state index contributed by atoms with van der Waals surface area (Å²) in [6.07, 6.45) is 0. The molecule has 1 N–H and O–H groups in total. The van der Waals surface area contributed by atoms with Gasteiger partial charge >= 0.3 is 0 Å². The zero-order valence-corrected chi connectivity index (χ0v) is 10.5. The van der Waals surface area contributed by atoms with Crippen molar-refractivity contribution in [3.8, 4) is 10.6 Å². The molecule has 0 aliphatic carbocycles. The molecule has 0 radical (unpaired) electrons. The van der Waals surface area contributed by atoms with Crippen LogP contribution in [-0.4, -0.2) is 16.7 Å². The van der Waals surface area contributed by atoms with Gasteiger partial charge in [0.05, 0.1) is 5.02 Å². The summed E-state index contributed by atoms with van der Waals surface area (Å²) in [4.78, 5) is 0. The number of nitrogens with one attached hydrogen (secondary N) is 1. The van der Waals surface area contributed by atoms with Gasteiger partial charge < -0.3 is 5.32 Å². The highest BCUT2D eigenvalue weighted by Crippen LogP contribution is 2.29. The van der Waals surface area contributed by atoms with E-state index in [9.17, 15) is 0 Å². The number of rotatable bonds is 4. The minimum Gasteiger partial charge on any atom is -0.311 e. The highest BCUT2D eigenvalue weighted by atomic mass is 35.5. The van der Waals surface area contributed by atoms with E-state index in [1.807, 2.05) is 24.3 Å². The van der Waals surface area contributed by atoms with Gasteiger partial charge in [-0.3, -0.25) is 0 Å². The van der Waals surface area contributed by atoms with Crippen molar-refractivity contribution < 1.29 is 0 Å². The van der Waals surface area contributed by atoms with Crippen LogP contribution in [0.2, 0.25) is 5.02 Å².